The van der Waals surface area contributed by atoms with Crippen molar-refractivity contribution >= 4 is 6.03 Å². The summed E-state index contributed by atoms with van der Waals surface area (Å²) in [5.41, 5.74) is -0.479. The molecule has 0 unspecified atom stereocenters. The molecule has 0 spiro atoms. The Morgan fingerprint density at radius 3 is 2.83 bits per heavy atom. The number of aliphatic hydroxyl groups is 1. The van der Waals surface area contributed by atoms with Crippen LogP contribution >= 0.6 is 0 Å². The van der Waals surface area contributed by atoms with E-state index in [-0.39, 0.29) is 18.4 Å². The Kier molecular flexibility index (Phi) is 5.39. The number of carbonyl (C=O) groups excluding carboxylic acids is 1. The van der Waals surface area contributed by atoms with Crippen LogP contribution in [0.15, 0.2) is 47.1 Å². The van der Waals surface area contributed by atoms with E-state index in [1.54, 1.807) is 31.2 Å². The zero-order valence-corrected chi connectivity index (χ0v) is 13.2. The minimum Gasteiger partial charge on any atom is -0.466 e. The number of carbonyl (C=O) groups is 1. The van der Waals surface area contributed by atoms with Gasteiger partial charge in [-0.05, 0) is 50.1 Å². The molecule has 0 fully saturated rings. The summed E-state index contributed by atoms with van der Waals surface area (Å²) in [4.78, 5) is 11.9. The average Bonchev–Trinajstić information content (AvgIpc) is 3.00. The van der Waals surface area contributed by atoms with E-state index in [4.69, 9.17) is 4.42 Å². The third-order valence-corrected chi connectivity index (χ3v) is 3.45. The number of urea groups is 1. The zero-order chi connectivity index (χ0) is 16.9. The second-order valence-corrected chi connectivity index (χ2v) is 5.81. The van der Waals surface area contributed by atoms with Crippen LogP contribution in [0.1, 0.15) is 25.2 Å². The van der Waals surface area contributed by atoms with Crippen molar-refractivity contribution in [3.8, 4) is 0 Å². The van der Waals surface area contributed by atoms with Crippen molar-refractivity contribution in [2.24, 2.45) is 0 Å². The van der Waals surface area contributed by atoms with Crippen LogP contribution in [0.25, 0.3) is 0 Å². The second kappa shape index (κ2) is 7.28. The molecule has 2 amide bonds. The lowest BCUT2D eigenvalue weighted by atomic mass is 10.0. The molecule has 5 nitrogen and oxygen atoms in total. The van der Waals surface area contributed by atoms with Gasteiger partial charge in [0, 0.05) is 6.04 Å². The largest absolute Gasteiger partial charge is 0.466 e. The predicted molar refractivity (Wildman–Crippen MR) is 84.4 cm³/mol. The standard InChI is InChI=1S/C17H21FN2O3/c1-12(9-13-5-3-6-14(18)10-13)20-16(21)19-11-17(2,22)15-7-4-8-23-15/h3-8,10,12,22H,9,11H2,1-2H3,(H2,19,20,21)/t12-,17-/m1/s1. The molecule has 2 aromatic rings. The Hall–Kier alpha value is -2.34. The lowest BCUT2D eigenvalue weighted by Crippen LogP contribution is -2.46. The van der Waals surface area contributed by atoms with Gasteiger partial charge >= 0.3 is 6.03 Å². The van der Waals surface area contributed by atoms with E-state index in [0.29, 0.717) is 12.2 Å². The Morgan fingerprint density at radius 1 is 1.39 bits per heavy atom. The smallest absolute Gasteiger partial charge is 0.315 e. The van der Waals surface area contributed by atoms with Gasteiger partial charge in [-0.3, -0.25) is 0 Å². The third-order valence-electron chi connectivity index (χ3n) is 3.45. The molecule has 3 N–H and O–H groups in total. The van der Waals surface area contributed by atoms with Gasteiger partial charge in [0.05, 0.1) is 12.8 Å². The summed E-state index contributed by atoms with van der Waals surface area (Å²) in [7, 11) is 0. The van der Waals surface area contributed by atoms with Crippen LogP contribution in [0.4, 0.5) is 9.18 Å². The molecule has 2 atom stereocenters. The number of nitrogens with one attached hydrogen (secondary N) is 2. The highest BCUT2D eigenvalue weighted by atomic mass is 19.1. The molecular formula is C17H21FN2O3. The van der Waals surface area contributed by atoms with Crippen molar-refractivity contribution in [3.05, 3.63) is 59.8 Å². The number of halogens is 1. The first kappa shape index (κ1) is 17.0. The molecule has 0 bridgehead atoms. The Bertz CT molecular complexity index is 641. The molecule has 23 heavy (non-hydrogen) atoms. The SMILES string of the molecule is C[C@H](Cc1cccc(F)c1)NC(=O)NC[C@@](C)(O)c1ccco1. The second-order valence-electron chi connectivity index (χ2n) is 5.81. The first-order valence-electron chi connectivity index (χ1n) is 7.42. The number of benzene rings is 1. The average molecular weight is 320 g/mol. The normalized spacial score (nSPS) is 14.8. The fraction of sp³-hybridized carbons (Fsp3) is 0.353. The lowest BCUT2D eigenvalue weighted by Gasteiger charge is -2.22. The van der Waals surface area contributed by atoms with Crippen LogP contribution in [-0.2, 0) is 12.0 Å². The molecule has 0 aliphatic carbocycles. The number of rotatable bonds is 6. The Balaban J connectivity index is 1.80. The molecule has 0 saturated heterocycles. The van der Waals surface area contributed by atoms with Crippen LogP contribution in [0.2, 0.25) is 0 Å². The van der Waals surface area contributed by atoms with Gasteiger partial charge in [-0.2, -0.15) is 0 Å². The van der Waals surface area contributed by atoms with Crippen molar-refractivity contribution in [2.75, 3.05) is 6.54 Å². The maximum Gasteiger partial charge on any atom is 0.315 e. The molecular weight excluding hydrogens is 299 g/mol. The van der Waals surface area contributed by atoms with E-state index in [1.165, 1.54) is 18.4 Å². The summed E-state index contributed by atoms with van der Waals surface area (Å²) in [5.74, 6) is 0.0826. The van der Waals surface area contributed by atoms with Crippen LogP contribution in [0, 0.1) is 5.82 Å². The Morgan fingerprint density at radius 2 is 2.17 bits per heavy atom. The van der Waals surface area contributed by atoms with E-state index in [1.807, 2.05) is 6.92 Å². The van der Waals surface area contributed by atoms with E-state index in [9.17, 15) is 14.3 Å². The summed E-state index contributed by atoms with van der Waals surface area (Å²) < 4.78 is 18.3. The molecule has 0 radical (unpaired) electrons. The Labute approximate surface area is 134 Å². The fourth-order valence-corrected chi connectivity index (χ4v) is 2.27. The number of hydrogen-bond acceptors (Lipinski definition) is 3. The summed E-state index contributed by atoms with van der Waals surface area (Å²) in [6.07, 6.45) is 1.98. The van der Waals surface area contributed by atoms with Crippen LogP contribution in [0.5, 0.6) is 0 Å². The molecule has 1 heterocycles. The maximum absolute atomic E-state index is 13.1. The van der Waals surface area contributed by atoms with E-state index < -0.39 is 11.6 Å². The first-order valence-corrected chi connectivity index (χ1v) is 7.42. The molecule has 2 rings (SSSR count). The predicted octanol–water partition coefficient (Wildman–Crippen LogP) is 2.56. The fourth-order valence-electron chi connectivity index (χ4n) is 2.27. The van der Waals surface area contributed by atoms with Crippen molar-refractivity contribution in [3.63, 3.8) is 0 Å². The van der Waals surface area contributed by atoms with Gasteiger partial charge in [0.1, 0.15) is 17.2 Å². The van der Waals surface area contributed by atoms with E-state index in [0.717, 1.165) is 5.56 Å². The van der Waals surface area contributed by atoms with Crippen LogP contribution < -0.4 is 10.6 Å². The first-order chi connectivity index (χ1) is 10.9. The van der Waals surface area contributed by atoms with Gasteiger partial charge in [-0.25, -0.2) is 9.18 Å². The van der Waals surface area contributed by atoms with Gasteiger partial charge in [0.2, 0.25) is 0 Å². The highest BCUT2D eigenvalue weighted by molar-refractivity contribution is 5.74. The highest BCUT2D eigenvalue weighted by Gasteiger charge is 2.26. The minimum absolute atomic E-state index is 0.0129. The summed E-state index contributed by atoms with van der Waals surface area (Å²) in [6, 6.07) is 9.00. The molecule has 0 aliphatic heterocycles. The number of amides is 2. The quantitative estimate of drug-likeness (QED) is 0.766. The van der Waals surface area contributed by atoms with Crippen LogP contribution in [0.3, 0.4) is 0 Å². The maximum atomic E-state index is 13.1. The molecule has 0 aliphatic rings. The van der Waals surface area contributed by atoms with Gasteiger partial charge in [0.15, 0.2) is 0 Å². The molecule has 6 heteroatoms. The molecule has 124 valence electrons. The van der Waals surface area contributed by atoms with Gasteiger partial charge < -0.3 is 20.2 Å². The summed E-state index contributed by atoms with van der Waals surface area (Å²) >= 11 is 0. The van der Waals surface area contributed by atoms with Gasteiger partial charge in [-0.15, -0.1) is 0 Å². The molecule has 1 aromatic carbocycles. The van der Waals surface area contributed by atoms with E-state index >= 15 is 0 Å². The molecule has 0 saturated carbocycles. The molecule has 1 aromatic heterocycles. The van der Waals surface area contributed by atoms with Gasteiger partial charge in [-0.1, -0.05) is 12.1 Å². The van der Waals surface area contributed by atoms with Crippen molar-refractivity contribution in [1.82, 2.24) is 10.6 Å². The highest BCUT2D eigenvalue weighted by Crippen LogP contribution is 2.19. The zero-order valence-electron chi connectivity index (χ0n) is 13.2. The number of furan rings is 1. The lowest BCUT2D eigenvalue weighted by molar-refractivity contribution is 0.0366. The summed E-state index contributed by atoms with van der Waals surface area (Å²) in [6.45, 7) is 3.40. The van der Waals surface area contributed by atoms with Crippen molar-refractivity contribution < 1.29 is 18.7 Å². The minimum atomic E-state index is -1.29. The van der Waals surface area contributed by atoms with E-state index in [2.05, 4.69) is 10.6 Å². The number of hydrogen-bond donors (Lipinski definition) is 3. The summed E-state index contributed by atoms with van der Waals surface area (Å²) in [5, 5.41) is 15.6. The van der Waals surface area contributed by atoms with Crippen molar-refractivity contribution in [2.45, 2.75) is 31.9 Å². The van der Waals surface area contributed by atoms with Crippen LogP contribution in [-0.4, -0.2) is 23.7 Å². The van der Waals surface area contributed by atoms with Gasteiger partial charge in [0.25, 0.3) is 0 Å². The topological polar surface area (TPSA) is 74.5 Å². The third kappa shape index (κ3) is 5.10. The van der Waals surface area contributed by atoms with Crippen molar-refractivity contribution in [1.29, 1.82) is 0 Å². The monoisotopic (exact) mass is 320 g/mol.